The summed E-state index contributed by atoms with van der Waals surface area (Å²) in [5.41, 5.74) is 3.25. The van der Waals surface area contributed by atoms with Crippen molar-refractivity contribution in [2.45, 2.75) is 19.8 Å². The molecule has 3 aromatic rings. The van der Waals surface area contributed by atoms with Gasteiger partial charge in [0.25, 0.3) is 0 Å². The van der Waals surface area contributed by atoms with Crippen LogP contribution in [0.25, 0.3) is 22.2 Å². The van der Waals surface area contributed by atoms with Crippen LogP contribution in [0.3, 0.4) is 0 Å². The van der Waals surface area contributed by atoms with Crippen molar-refractivity contribution < 1.29 is 4.74 Å². The van der Waals surface area contributed by atoms with Crippen molar-refractivity contribution >= 4 is 22.6 Å². The van der Waals surface area contributed by atoms with Crippen LogP contribution in [0, 0.1) is 5.41 Å². The Balaban J connectivity index is 1.67. The summed E-state index contributed by atoms with van der Waals surface area (Å²) in [4.78, 5) is 7.70. The van der Waals surface area contributed by atoms with Gasteiger partial charge in [0.05, 0.1) is 12.0 Å². The summed E-state index contributed by atoms with van der Waals surface area (Å²) in [6.07, 6.45) is 6.06. The van der Waals surface area contributed by atoms with Crippen LogP contribution in [0.5, 0.6) is 5.75 Å². The SMILES string of the molecule is CC1(COc2ccnc3[nH]cc(-c4ccc(Cl)cc4)c23)CCNCC1. The average Bonchev–Trinajstić information content (AvgIpc) is 3.06. The second kappa shape index (κ2) is 6.70. The molecule has 4 nitrogen and oxygen atoms in total. The van der Waals surface area contributed by atoms with Gasteiger partial charge in [-0.2, -0.15) is 0 Å². The molecule has 0 unspecified atom stereocenters. The highest BCUT2D eigenvalue weighted by Crippen LogP contribution is 2.36. The van der Waals surface area contributed by atoms with Crippen molar-refractivity contribution in [2.24, 2.45) is 5.41 Å². The number of ether oxygens (including phenoxy) is 1. The van der Waals surface area contributed by atoms with Gasteiger partial charge in [-0.3, -0.25) is 0 Å². The number of H-pyrrole nitrogens is 1. The maximum atomic E-state index is 6.29. The van der Waals surface area contributed by atoms with Gasteiger partial charge in [-0.15, -0.1) is 0 Å². The van der Waals surface area contributed by atoms with Gasteiger partial charge in [0.2, 0.25) is 0 Å². The van der Waals surface area contributed by atoms with Crippen molar-refractivity contribution in [3.8, 4) is 16.9 Å². The lowest BCUT2D eigenvalue weighted by atomic mass is 9.82. The van der Waals surface area contributed by atoms with Crippen LogP contribution in [0.2, 0.25) is 5.02 Å². The summed E-state index contributed by atoms with van der Waals surface area (Å²) >= 11 is 6.02. The van der Waals surface area contributed by atoms with Crippen LogP contribution >= 0.6 is 11.6 Å². The molecule has 0 saturated carbocycles. The average molecular weight is 356 g/mol. The first-order valence-corrected chi connectivity index (χ1v) is 9.08. The number of hydrogen-bond acceptors (Lipinski definition) is 3. The van der Waals surface area contributed by atoms with Gasteiger partial charge in [-0.05, 0) is 49.7 Å². The van der Waals surface area contributed by atoms with E-state index in [1.807, 2.05) is 36.5 Å². The molecule has 1 aliphatic heterocycles. The van der Waals surface area contributed by atoms with Gasteiger partial charge in [0.15, 0.2) is 0 Å². The monoisotopic (exact) mass is 355 g/mol. The van der Waals surface area contributed by atoms with Crippen LogP contribution in [-0.2, 0) is 0 Å². The molecular formula is C20H22ClN3O. The zero-order chi connectivity index (χ0) is 17.3. The van der Waals surface area contributed by atoms with E-state index in [0.29, 0.717) is 0 Å². The van der Waals surface area contributed by atoms with E-state index in [9.17, 15) is 0 Å². The molecular weight excluding hydrogens is 334 g/mol. The third-order valence-electron chi connectivity index (χ3n) is 5.08. The number of fused-ring (bicyclic) bond motifs is 1. The van der Waals surface area contributed by atoms with Crippen molar-refractivity contribution in [1.29, 1.82) is 0 Å². The summed E-state index contributed by atoms with van der Waals surface area (Å²) in [6.45, 7) is 5.15. The summed E-state index contributed by atoms with van der Waals surface area (Å²) in [5.74, 6) is 0.885. The number of benzene rings is 1. The van der Waals surface area contributed by atoms with Crippen LogP contribution in [-0.4, -0.2) is 29.7 Å². The van der Waals surface area contributed by atoms with E-state index in [2.05, 4.69) is 22.2 Å². The lowest BCUT2D eigenvalue weighted by Gasteiger charge is -2.33. The number of nitrogens with one attached hydrogen (secondary N) is 2. The fourth-order valence-corrected chi connectivity index (χ4v) is 3.56. The molecule has 1 aromatic carbocycles. The van der Waals surface area contributed by atoms with E-state index < -0.39 is 0 Å². The Bertz CT molecular complexity index is 866. The predicted molar refractivity (Wildman–Crippen MR) is 102 cm³/mol. The van der Waals surface area contributed by atoms with E-state index in [1.165, 1.54) is 0 Å². The molecule has 3 heterocycles. The van der Waals surface area contributed by atoms with E-state index in [0.717, 1.165) is 65.5 Å². The van der Waals surface area contributed by atoms with E-state index in [1.54, 1.807) is 6.20 Å². The normalized spacial score (nSPS) is 16.9. The minimum atomic E-state index is 0.220. The molecule has 0 atom stereocenters. The number of aromatic nitrogens is 2. The number of aromatic amines is 1. The molecule has 4 rings (SSSR count). The molecule has 130 valence electrons. The molecule has 0 bridgehead atoms. The van der Waals surface area contributed by atoms with Gasteiger partial charge in [0.1, 0.15) is 11.4 Å². The summed E-state index contributed by atoms with van der Waals surface area (Å²) in [6, 6.07) is 9.82. The number of nitrogens with zero attached hydrogens (tertiary/aromatic N) is 1. The molecule has 1 aliphatic rings. The Morgan fingerprint density at radius 2 is 1.92 bits per heavy atom. The quantitative estimate of drug-likeness (QED) is 0.716. The van der Waals surface area contributed by atoms with Crippen molar-refractivity contribution in [2.75, 3.05) is 19.7 Å². The number of hydrogen-bond donors (Lipinski definition) is 2. The summed E-state index contributed by atoms with van der Waals surface area (Å²) in [5, 5.41) is 5.18. The Labute approximate surface area is 152 Å². The first-order chi connectivity index (χ1) is 12.1. The second-order valence-corrected chi connectivity index (χ2v) is 7.53. The van der Waals surface area contributed by atoms with Gasteiger partial charge in [-0.1, -0.05) is 30.7 Å². The number of rotatable bonds is 4. The predicted octanol–water partition coefficient (Wildman–Crippen LogP) is 4.65. The van der Waals surface area contributed by atoms with Crippen LogP contribution in [0.1, 0.15) is 19.8 Å². The molecule has 0 amide bonds. The molecule has 25 heavy (non-hydrogen) atoms. The first kappa shape index (κ1) is 16.4. The van der Waals surface area contributed by atoms with Crippen molar-refractivity contribution in [3.63, 3.8) is 0 Å². The smallest absolute Gasteiger partial charge is 0.141 e. The topological polar surface area (TPSA) is 49.9 Å². The third kappa shape index (κ3) is 3.37. The summed E-state index contributed by atoms with van der Waals surface area (Å²) in [7, 11) is 0. The largest absolute Gasteiger partial charge is 0.492 e. The number of pyridine rings is 1. The standard InChI is InChI=1S/C20H22ClN3O/c1-20(7-10-22-11-8-20)13-25-17-6-9-23-19-18(17)16(12-24-19)14-2-4-15(21)5-3-14/h2-6,9,12,22H,7-8,10-11,13H2,1H3,(H,23,24). The first-order valence-electron chi connectivity index (χ1n) is 8.70. The second-order valence-electron chi connectivity index (χ2n) is 7.09. The van der Waals surface area contributed by atoms with Gasteiger partial charge < -0.3 is 15.0 Å². The Morgan fingerprint density at radius 1 is 1.16 bits per heavy atom. The van der Waals surface area contributed by atoms with Crippen LogP contribution in [0.15, 0.2) is 42.7 Å². The fraction of sp³-hybridized carbons (Fsp3) is 0.350. The Hall–Kier alpha value is -2.04. The molecule has 0 aliphatic carbocycles. The number of piperidine rings is 1. The van der Waals surface area contributed by atoms with E-state index >= 15 is 0 Å². The molecule has 2 N–H and O–H groups in total. The third-order valence-corrected chi connectivity index (χ3v) is 5.33. The fourth-order valence-electron chi connectivity index (χ4n) is 3.43. The lowest BCUT2D eigenvalue weighted by molar-refractivity contribution is 0.124. The van der Waals surface area contributed by atoms with E-state index in [4.69, 9.17) is 16.3 Å². The van der Waals surface area contributed by atoms with Gasteiger partial charge in [-0.25, -0.2) is 4.98 Å². The Kier molecular flexibility index (Phi) is 4.40. The maximum Gasteiger partial charge on any atom is 0.141 e. The highest BCUT2D eigenvalue weighted by molar-refractivity contribution is 6.30. The lowest BCUT2D eigenvalue weighted by Crippen LogP contribution is -2.38. The maximum absolute atomic E-state index is 6.29. The Morgan fingerprint density at radius 3 is 2.68 bits per heavy atom. The molecule has 2 aromatic heterocycles. The van der Waals surface area contributed by atoms with Crippen molar-refractivity contribution in [3.05, 3.63) is 47.7 Å². The zero-order valence-electron chi connectivity index (χ0n) is 14.3. The minimum Gasteiger partial charge on any atom is -0.492 e. The number of halogens is 1. The van der Waals surface area contributed by atoms with E-state index in [-0.39, 0.29) is 5.41 Å². The van der Waals surface area contributed by atoms with Crippen molar-refractivity contribution in [1.82, 2.24) is 15.3 Å². The molecule has 0 radical (unpaired) electrons. The molecule has 5 heteroatoms. The highest BCUT2D eigenvalue weighted by Gasteiger charge is 2.28. The van der Waals surface area contributed by atoms with Gasteiger partial charge in [0, 0.05) is 28.4 Å². The molecule has 0 spiro atoms. The van der Waals surface area contributed by atoms with Crippen LogP contribution < -0.4 is 10.1 Å². The summed E-state index contributed by atoms with van der Waals surface area (Å²) < 4.78 is 6.29. The van der Waals surface area contributed by atoms with Crippen LogP contribution in [0.4, 0.5) is 0 Å². The highest BCUT2D eigenvalue weighted by atomic mass is 35.5. The zero-order valence-corrected chi connectivity index (χ0v) is 15.1. The molecule has 1 fully saturated rings. The molecule has 1 saturated heterocycles. The van der Waals surface area contributed by atoms with Gasteiger partial charge >= 0.3 is 0 Å². The minimum absolute atomic E-state index is 0.220.